The third kappa shape index (κ3) is 2.69. The van der Waals surface area contributed by atoms with Crippen molar-refractivity contribution in [2.75, 3.05) is 6.54 Å². The number of rotatable bonds is 1. The van der Waals surface area contributed by atoms with E-state index in [0.717, 1.165) is 4.47 Å². The fraction of sp³-hybridized carbons (Fsp3) is 0.333. The van der Waals surface area contributed by atoms with Crippen LogP contribution >= 0.6 is 27.5 Å². The third-order valence-electron chi connectivity index (χ3n) is 2.67. The van der Waals surface area contributed by atoms with E-state index in [0.29, 0.717) is 23.6 Å². The molecule has 17 heavy (non-hydrogen) atoms. The lowest BCUT2D eigenvalue weighted by Gasteiger charge is -2.14. The van der Waals surface area contributed by atoms with Crippen LogP contribution in [0.3, 0.4) is 0 Å². The highest BCUT2D eigenvalue weighted by molar-refractivity contribution is 9.10. The number of hydrogen-bond donors (Lipinski definition) is 0. The molecule has 0 saturated carbocycles. The molecule has 0 aromatic heterocycles. The van der Waals surface area contributed by atoms with Gasteiger partial charge in [0.15, 0.2) is 0 Å². The Morgan fingerprint density at radius 2 is 2.18 bits per heavy atom. The van der Waals surface area contributed by atoms with E-state index in [4.69, 9.17) is 11.6 Å². The van der Waals surface area contributed by atoms with Crippen LogP contribution in [0.5, 0.6) is 0 Å². The Morgan fingerprint density at radius 1 is 1.47 bits per heavy atom. The standard InChI is InChI=1S/C12H11BrClNO2/c1-7-2-11(16)15(6-7)12(17)8-3-9(13)5-10(14)4-8/h3-5,7H,2,6H2,1H3. The fourth-order valence-corrected chi connectivity index (χ4v) is 2.78. The molecule has 2 amide bonds. The average molecular weight is 317 g/mol. The average Bonchev–Trinajstić information content (AvgIpc) is 2.55. The van der Waals surface area contributed by atoms with Gasteiger partial charge in [0.1, 0.15) is 0 Å². The summed E-state index contributed by atoms with van der Waals surface area (Å²) in [6.45, 7) is 2.45. The fourth-order valence-electron chi connectivity index (χ4n) is 1.92. The molecule has 1 aliphatic heterocycles. The molecule has 1 heterocycles. The number of halogens is 2. The van der Waals surface area contributed by atoms with Gasteiger partial charge in [-0.2, -0.15) is 0 Å². The molecule has 0 radical (unpaired) electrons. The molecule has 5 heteroatoms. The molecule has 1 atom stereocenters. The maximum atomic E-state index is 12.1. The van der Waals surface area contributed by atoms with Gasteiger partial charge in [0.25, 0.3) is 5.91 Å². The van der Waals surface area contributed by atoms with E-state index in [2.05, 4.69) is 15.9 Å². The number of benzene rings is 1. The third-order valence-corrected chi connectivity index (χ3v) is 3.35. The number of hydrogen-bond acceptors (Lipinski definition) is 2. The van der Waals surface area contributed by atoms with Crippen LogP contribution in [0, 0.1) is 5.92 Å². The van der Waals surface area contributed by atoms with Crippen molar-refractivity contribution >= 4 is 39.3 Å². The topological polar surface area (TPSA) is 37.4 Å². The van der Waals surface area contributed by atoms with E-state index in [1.165, 1.54) is 4.90 Å². The van der Waals surface area contributed by atoms with Crippen molar-refractivity contribution < 1.29 is 9.59 Å². The minimum atomic E-state index is -0.275. The van der Waals surface area contributed by atoms with Crippen LogP contribution in [0.15, 0.2) is 22.7 Å². The summed E-state index contributed by atoms with van der Waals surface area (Å²) < 4.78 is 0.730. The van der Waals surface area contributed by atoms with Gasteiger partial charge in [0.05, 0.1) is 0 Å². The van der Waals surface area contributed by atoms with E-state index in [9.17, 15) is 9.59 Å². The van der Waals surface area contributed by atoms with Crippen molar-refractivity contribution in [1.29, 1.82) is 0 Å². The van der Waals surface area contributed by atoms with Crippen LogP contribution < -0.4 is 0 Å². The zero-order valence-electron chi connectivity index (χ0n) is 9.24. The number of carbonyl (C=O) groups is 2. The van der Waals surface area contributed by atoms with E-state index in [-0.39, 0.29) is 17.7 Å². The second kappa shape index (κ2) is 4.78. The van der Waals surface area contributed by atoms with E-state index >= 15 is 0 Å². The summed E-state index contributed by atoms with van der Waals surface area (Å²) in [5.74, 6) is -0.157. The summed E-state index contributed by atoms with van der Waals surface area (Å²) in [6, 6.07) is 4.95. The first-order valence-corrected chi connectivity index (χ1v) is 6.45. The Morgan fingerprint density at radius 3 is 2.71 bits per heavy atom. The number of likely N-dealkylation sites (tertiary alicyclic amines) is 1. The molecule has 1 fully saturated rings. The van der Waals surface area contributed by atoms with Crippen LogP contribution in [-0.4, -0.2) is 23.3 Å². The normalized spacial score (nSPS) is 19.8. The molecule has 2 rings (SSSR count). The molecule has 0 spiro atoms. The number of carbonyl (C=O) groups excluding carboxylic acids is 2. The number of nitrogens with zero attached hydrogens (tertiary/aromatic N) is 1. The molecule has 1 aromatic rings. The zero-order valence-corrected chi connectivity index (χ0v) is 11.6. The van der Waals surface area contributed by atoms with Crippen molar-refractivity contribution in [2.45, 2.75) is 13.3 Å². The van der Waals surface area contributed by atoms with Crippen molar-refractivity contribution in [2.24, 2.45) is 5.92 Å². The van der Waals surface area contributed by atoms with Gasteiger partial charge >= 0.3 is 0 Å². The van der Waals surface area contributed by atoms with E-state index < -0.39 is 0 Å². The first-order chi connectivity index (χ1) is 7.97. The van der Waals surface area contributed by atoms with Crippen LogP contribution in [0.25, 0.3) is 0 Å². The van der Waals surface area contributed by atoms with Gasteiger partial charge in [-0.05, 0) is 24.1 Å². The summed E-state index contributed by atoms with van der Waals surface area (Å²) in [7, 11) is 0. The molecule has 1 unspecified atom stereocenters. The molecule has 1 saturated heterocycles. The molecule has 0 bridgehead atoms. The summed E-state index contributed by atoms with van der Waals surface area (Å²) >= 11 is 9.16. The molecule has 1 aliphatic rings. The molecule has 1 aromatic carbocycles. The lowest BCUT2D eigenvalue weighted by molar-refractivity contribution is -0.125. The van der Waals surface area contributed by atoms with Crippen LogP contribution in [-0.2, 0) is 4.79 Å². The first-order valence-electron chi connectivity index (χ1n) is 5.28. The van der Waals surface area contributed by atoms with Gasteiger partial charge in [0.2, 0.25) is 5.91 Å². The van der Waals surface area contributed by atoms with Gasteiger partial charge in [-0.25, -0.2) is 0 Å². The highest BCUT2D eigenvalue weighted by Crippen LogP contribution is 2.24. The molecular formula is C12H11BrClNO2. The second-order valence-electron chi connectivity index (χ2n) is 4.28. The van der Waals surface area contributed by atoms with Crippen molar-refractivity contribution in [3.05, 3.63) is 33.3 Å². The second-order valence-corrected chi connectivity index (χ2v) is 5.63. The molecule has 3 nitrogen and oxygen atoms in total. The Kier molecular flexibility index (Phi) is 3.54. The number of imide groups is 1. The molecule has 0 N–H and O–H groups in total. The van der Waals surface area contributed by atoms with E-state index in [1.807, 2.05) is 6.92 Å². The van der Waals surface area contributed by atoms with Gasteiger partial charge < -0.3 is 0 Å². The van der Waals surface area contributed by atoms with Crippen LogP contribution in [0.4, 0.5) is 0 Å². The van der Waals surface area contributed by atoms with Gasteiger partial charge in [0, 0.05) is 28.0 Å². The number of amides is 2. The predicted molar refractivity (Wildman–Crippen MR) is 69.0 cm³/mol. The van der Waals surface area contributed by atoms with E-state index in [1.54, 1.807) is 18.2 Å². The maximum Gasteiger partial charge on any atom is 0.260 e. The van der Waals surface area contributed by atoms with Crippen LogP contribution in [0.2, 0.25) is 5.02 Å². The summed E-state index contributed by atoms with van der Waals surface area (Å²) in [6.07, 6.45) is 0.438. The Bertz CT molecular complexity index is 469. The zero-order chi connectivity index (χ0) is 12.6. The maximum absolute atomic E-state index is 12.1. The van der Waals surface area contributed by atoms with Crippen molar-refractivity contribution in [3.63, 3.8) is 0 Å². The quantitative estimate of drug-likeness (QED) is 0.747. The monoisotopic (exact) mass is 315 g/mol. The minimum Gasteiger partial charge on any atom is -0.278 e. The highest BCUT2D eigenvalue weighted by atomic mass is 79.9. The molecule has 0 aliphatic carbocycles. The Hall–Kier alpha value is -0.870. The largest absolute Gasteiger partial charge is 0.278 e. The summed E-state index contributed by atoms with van der Waals surface area (Å²) in [5.41, 5.74) is 0.437. The highest BCUT2D eigenvalue weighted by Gasteiger charge is 2.32. The lowest BCUT2D eigenvalue weighted by Crippen LogP contribution is -2.32. The minimum absolute atomic E-state index is 0.112. The van der Waals surface area contributed by atoms with Crippen molar-refractivity contribution in [1.82, 2.24) is 4.90 Å². The molecule has 90 valence electrons. The van der Waals surface area contributed by atoms with Gasteiger partial charge in [-0.1, -0.05) is 34.5 Å². The van der Waals surface area contributed by atoms with Gasteiger partial charge in [-0.15, -0.1) is 0 Å². The summed E-state index contributed by atoms with van der Waals surface area (Å²) in [4.78, 5) is 25.1. The molecular weight excluding hydrogens is 305 g/mol. The smallest absolute Gasteiger partial charge is 0.260 e. The Balaban J connectivity index is 2.28. The summed E-state index contributed by atoms with van der Waals surface area (Å²) in [5, 5.41) is 0.474. The predicted octanol–water partition coefficient (Wildman–Crippen LogP) is 3.11. The SMILES string of the molecule is CC1CC(=O)N(C(=O)c2cc(Cl)cc(Br)c2)C1. The van der Waals surface area contributed by atoms with Crippen molar-refractivity contribution in [3.8, 4) is 0 Å². The van der Waals surface area contributed by atoms with Gasteiger partial charge in [-0.3, -0.25) is 14.5 Å². The lowest BCUT2D eigenvalue weighted by atomic mass is 10.2. The first kappa shape index (κ1) is 12.6. The van der Waals surface area contributed by atoms with Crippen LogP contribution in [0.1, 0.15) is 23.7 Å². The Labute approximate surface area is 113 Å².